The summed E-state index contributed by atoms with van der Waals surface area (Å²) in [5.74, 6) is -0.361. The number of anilines is 2. The number of carbonyl (C=O) groups excluding carboxylic acids is 1. The van der Waals surface area contributed by atoms with Gasteiger partial charge in [-0.3, -0.25) is 9.78 Å². The standard InChI is InChI=1S/C16H12ClF3N6OS/c1-8-12(17)24-7-25-13(8)26-15-22-5-11(28-15)9-2-10(4-21-3-9)14(27)23-6-16(18,19)20/h2-5,7H,6H2,1H3,(H,23,27)(H,22,24,25,26). The van der Waals surface area contributed by atoms with Crippen molar-refractivity contribution in [2.45, 2.75) is 13.1 Å². The number of nitrogens with zero attached hydrogens (tertiary/aromatic N) is 4. The molecule has 0 spiro atoms. The Hall–Kier alpha value is -2.79. The molecule has 0 aliphatic carbocycles. The van der Waals surface area contributed by atoms with Crippen molar-refractivity contribution >= 4 is 39.8 Å². The van der Waals surface area contributed by atoms with Crippen molar-refractivity contribution in [1.29, 1.82) is 0 Å². The van der Waals surface area contributed by atoms with E-state index in [4.69, 9.17) is 11.6 Å². The fraction of sp³-hybridized carbons (Fsp3) is 0.188. The van der Waals surface area contributed by atoms with Crippen LogP contribution in [0.1, 0.15) is 15.9 Å². The number of rotatable bonds is 5. The zero-order chi connectivity index (χ0) is 20.3. The normalized spacial score (nSPS) is 11.3. The third-order valence-corrected chi connectivity index (χ3v) is 4.83. The molecule has 146 valence electrons. The average Bonchev–Trinajstić information content (AvgIpc) is 3.12. The van der Waals surface area contributed by atoms with Gasteiger partial charge in [-0.15, -0.1) is 0 Å². The summed E-state index contributed by atoms with van der Waals surface area (Å²) in [7, 11) is 0. The molecule has 0 atom stereocenters. The zero-order valence-electron chi connectivity index (χ0n) is 14.2. The number of amides is 1. The summed E-state index contributed by atoms with van der Waals surface area (Å²) < 4.78 is 36.7. The molecule has 1 amide bonds. The lowest BCUT2D eigenvalue weighted by molar-refractivity contribution is -0.123. The molecular weight excluding hydrogens is 417 g/mol. The molecule has 3 heterocycles. The Labute approximate surface area is 166 Å². The molecule has 3 aromatic heterocycles. The minimum atomic E-state index is -4.49. The maximum atomic E-state index is 12.2. The molecule has 0 saturated carbocycles. The van der Waals surface area contributed by atoms with E-state index in [-0.39, 0.29) is 5.56 Å². The molecule has 0 aliphatic rings. The maximum absolute atomic E-state index is 12.2. The van der Waals surface area contributed by atoms with Gasteiger partial charge in [0, 0.05) is 29.7 Å². The largest absolute Gasteiger partial charge is 0.405 e. The molecule has 2 N–H and O–H groups in total. The van der Waals surface area contributed by atoms with Crippen molar-refractivity contribution in [3.05, 3.63) is 47.3 Å². The molecule has 12 heteroatoms. The van der Waals surface area contributed by atoms with Crippen LogP contribution in [0.4, 0.5) is 24.1 Å². The van der Waals surface area contributed by atoms with E-state index in [1.165, 1.54) is 36.1 Å². The van der Waals surface area contributed by atoms with Crippen molar-refractivity contribution in [3.63, 3.8) is 0 Å². The summed E-state index contributed by atoms with van der Waals surface area (Å²) >= 11 is 7.21. The van der Waals surface area contributed by atoms with Crippen LogP contribution in [-0.2, 0) is 0 Å². The van der Waals surface area contributed by atoms with E-state index in [0.717, 1.165) is 0 Å². The number of alkyl halides is 3. The lowest BCUT2D eigenvalue weighted by Gasteiger charge is -2.08. The molecule has 3 aromatic rings. The van der Waals surface area contributed by atoms with Crippen LogP contribution in [0, 0.1) is 6.92 Å². The molecule has 0 aromatic carbocycles. The van der Waals surface area contributed by atoms with Crippen LogP contribution < -0.4 is 10.6 Å². The Balaban J connectivity index is 1.76. The lowest BCUT2D eigenvalue weighted by atomic mass is 10.2. The zero-order valence-corrected chi connectivity index (χ0v) is 15.8. The SMILES string of the molecule is Cc1c(Cl)ncnc1Nc1ncc(-c2cncc(C(=O)NCC(F)(F)F)c2)s1. The third-order valence-electron chi connectivity index (χ3n) is 3.49. The number of hydrogen-bond acceptors (Lipinski definition) is 7. The van der Waals surface area contributed by atoms with Crippen molar-refractivity contribution in [2.75, 3.05) is 11.9 Å². The first-order chi connectivity index (χ1) is 13.2. The van der Waals surface area contributed by atoms with Crippen LogP contribution in [0.2, 0.25) is 5.15 Å². The van der Waals surface area contributed by atoms with Crippen molar-refractivity contribution in [3.8, 4) is 10.4 Å². The second-order valence-corrected chi connectivity index (χ2v) is 6.94. The second kappa shape index (κ2) is 8.07. The van der Waals surface area contributed by atoms with Gasteiger partial charge in [-0.2, -0.15) is 13.2 Å². The van der Waals surface area contributed by atoms with Gasteiger partial charge in [0.25, 0.3) is 5.91 Å². The minimum Gasteiger partial charge on any atom is -0.343 e. The number of thiazole rings is 1. The number of hydrogen-bond donors (Lipinski definition) is 2. The Kier molecular flexibility index (Phi) is 5.75. The van der Waals surface area contributed by atoms with Crippen molar-refractivity contribution < 1.29 is 18.0 Å². The van der Waals surface area contributed by atoms with Crippen LogP contribution in [0.15, 0.2) is 31.0 Å². The highest BCUT2D eigenvalue weighted by atomic mass is 35.5. The topological polar surface area (TPSA) is 92.7 Å². The molecule has 0 unspecified atom stereocenters. The Morgan fingerprint density at radius 3 is 2.75 bits per heavy atom. The van der Waals surface area contributed by atoms with Gasteiger partial charge >= 0.3 is 6.18 Å². The highest BCUT2D eigenvalue weighted by molar-refractivity contribution is 7.18. The second-order valence-electron chi connectivity index (χ2n) is 5.55. The Morgan fingerprint density at radius 1 is 1.21 bits per heavy atom. The molecule has 0 bridgehead atoms. The summed E-state index contributed by atoms with van der Waals surface area (Å²) in [6.45, 7) is 0.345. The molecule has 28 heavy (non-hydrogen) atoms. The molecule has 0 saturated heterocycles. The number of carbonyl (C=O) groups is 1. The number of pyridine rings is 1. The van der Waals surface area contributed by atoms with E-state index < -0.39 is 18.6 Å². The fourth-order valence-electron chi connectivity index (χ4n) is 2.10. The van der Waals surface area contributed by atoms with Crippen LogP contribution in [0.3, 0.4) is 0 Å². The molecule has 3 rings (SSSR count). The number of halogens is 4. The first kappa shape index (κ1) is 20.0. The summed E-state index contributed by atoms with van der Waals surface area (Å²) in [5, 5.41) is 5.67. The predicted molar refractivity (Wildman–Crippen MR) is 98.8 cm³/mol. The van der Waals surface area contributed by atoms with Gasteiger partial charge in [-0.25, -0.2) is 15.0 Å². The van der Waals surface area contributed by atoms with Gasteiger partial charge in [0.05, 0.1) is 10.4 Å². The Morgan fingerprint density at radius 2 is 2.00 bits per heavy atom. The van der Waals surface area contributed by atoms with E-state index in [1.54, 1.807) is 13.1 Å². The van der Waals surface area contributed by atoms with E-state index >= 15 is 0 Å². The van der Waals surface area contributed by atoms with Gasteiger partial charge in [-0.05, 0) is 13.0 Å². The Bertz CT molecular complexity index is 1010. The molecule has 0 fully saturated rings. The highest BCUT2D eigenvalue weighted by Gasteiger charge is 2.28. The number of aromatic nitrogens is 4. The van der Waals surface area contributed by atoms with Gasteiger partial charge < -0.3 is 10.6 Å². The van der Waals surface area contributed by atoms with Gasteiger partial charge in [0.1, 0.15) is 23.8 Å². The molecule has 7 nitrogen and oxygen atoms in total. The van der Waals surface area contributed by atoms with Gasteiger partial charge in [0.2, 0.25) is 0 Å². The van der Waals surface area contributed by atoms with E-state index in [0.29, 0.717) is 32.1 Å². The quantitative estimate of drug-likeness (QED) is 0.597. The smallest absolute Gasteiger partial charge is 0.343 e. The van der Waals surface area contributed by atoms with Crippen LogP contribution in [-0.4, -0.2) is 38.6 Å². The van der Waals surface area contributed by atoms with Crippen molar-refractivity contribution in [2.24, 2.45) is 0 Å². The summed E-state index contributed by atoms with van der Waals surface area (Å²) in [6, 6.07) is 1.45. The minimum absolute atomic E-state index is 0.0167. The summed E-state index contributed by atoms with van der Waals surface area (Å²) in [4.78, 5) is 28.7. The van der Waals surface area contributed by atoms with E-state index in [9.17, 15) is 18.0 Å². The van der Waals surface area contributed by atoms with E-state index in [1.807, 2.05) is 5.32 Å². The third kappa shape index (κ3) is 4.93. The highest BCUT2D eigenvalue weighted by Crippen LogP contribution is 2.31. The first-order valence-electron chi connectivity index (χ1n) is 7.73. The monoisotopic (exact) mass is 428 g/mol. The van der Waals surface area contributed by atoms with Crippen LogP contribution in [0.5, 0.6) is 0 Å². The van der Waals surface area contributed by atoms with Gasteiger partial charge in [-0.1, -0.05) is 22.9 Å². The molecule has 0 aliphatic heterocycles. The lowest BCUT2D eigenvalue weighted by Crippen LogP contribution is -2.33. The number of nitrogens with one attached hydrogen (secondary N) is 2. The molecular formula is C16H12ClF3N6OS. The van der Waals surface area contributed by atoms with Crippen LogP contribution >= 0.6 is 22.9 Å². The predicted octanol–water partition coefficient (Wildman–Crippen LogP) is 3.99. The van der Waals surface area contributed by atoms with Crippen LogP contribution in [0.25, 0.3) is 10.4 Å². The maximum Gasteiger partial charge on any atom is 0.405 e. The molecule has 0 radical (unpaired) electrons. The van der Waals surface area contributed by atoms with Gasteiger partial charge in [0.15, 0.2) is 5.13 Å². The summed E-state index contributed by atoms with van der Waals surface area (Å²) in [6.07, 6.45) is 1.08. The first-order valence-corrected chi connectivity index (χ1v) is 8.93. The average molecular weight is 429 g/mol. The fourth-order valence-corrected chi connectivity index (χ4v) is 3.03. The van der Waals surface area contributed by atoms with Crippen molar-refractivity contribution in [1.82, 2.24) is 25.3 Å². The summed E-state index contributed by atoms with van der Waals surface area (Å²) in [5.41, 5.74) is 1.22. The van der Waals surface area contributed by atoms with E-state index in [2.05, 4.69) is 25.3 Å².